The monoisotopic (exact) mass is 474 g/mol. The Morgan fingerprint density at radius 2 is 1.21 bits per heavy atom. The van der Waals surface area contributed by atoms with Crippen molar-refractivity contribution in [1.82, 2.24) is 9.80 Å². The van der Waals surface area contributed by atoms with Gasteiger partial charge in [0.15, 0.2) is 0 Å². The molecule has 0 bridgehead atoms. The van der Waals surface area contributed by atoms with Gasteiger partial charge < -0.3 is 33.2 Å². The fourth-order valence-electron chi connectivity index (χ4n) is 3.63. The van der Waals surface area contributed by atoms with Crippen molar-refractivity contribution in [2.75, 3.05) is 125 Å². The second kappa shape index (κ2) is 20.7. The van der Waals surface area contributed by atoms with E-state index in [1.807, 2.05) is 0 Å². The largest absolute Gasteiger partial charge is 0.378 e. The van der Waals surface area contributed by atoms with Crippen molar-refractivity contribution >= 4 is 0 Å². The molecule has 0 radical (unpaired) electrons. The van der Waals surface area contributed by atoms with Crippen molar-refractivity contribution in [3.8, 4) is 0 Å². The van der Waals surface area contributed by atoms with E-state index in [9.17, 15) is 0 Å². The van der Waals surface area contributed by atoms with Gasteiger partial charge in [-0.2, -0.15) is 0 Å². The van der Waals surface area contributed by atoms with Gasteiger partial charge in [0.1, 0.15) is 0 Å². The van der Waals surface area contributed by atoms with Gasteiger partial charge in [-0.15, -0.1) is 6.58 Å². The summed E-state index contributed by atoms with van der Waals surface area (Å²) < 4.78 is 40.0. The molecule has 0 amide bonds. The third-order valence-corrected chi connectivity index (χ3v) is 5.62. The molecular weight excluding hydrogens is 428 g/mol. The predicted octanol–water partition coefficient (Wildman–Crippen LogP) is 1.07. The Balaban J connectivity index is 1.62. The first-order valence-corrected chi connectivity index (χ1v) is 12.5. The van der Waals surface area contributed by atoms with Crippen molar-refractivity contribution in [1.29, 1.82) is 0 Å². The number of hydrogen-bond donors (Lipinski definition) is 0. The van der Waals surface area contributed by atoms with E-state index in [4.69, 9.17) is 33.2 Å². The zero-order valence-corrected chi connectivity index (χ0v) is 20.5. The van der Waals surface area contributed by atoms with Crippen LogP contribution in [0.15, 0.2) is 12.7 Å². The second-order valence-corrected chi connectivity index (χ2v) is 8.21. The summed E-state index contributed by atoms with van der Waals surface area (Å²) in [7, 11) is 0. The van der Waals surface area contributed by atoms with Gasteiger partial charge in [-0.25, -0.2) is 0 Å². The lowest BCUT2D eigenvalue weighted by atomic mass is 10.2. The fraction of sp³-hybridized carbons (Fsp3) is 0.917. The zero-order chi connectivity index (χ0) is 23.2. The highest BCUT2D eigenvalue weighted by atomic mass is 16.5. The molecule has 1 atom stereocenters. The molecule has 2 rings (SSSR count). The summed E-state index contributed by atoms with van der Waals surface area (Å²) in [6.45, 7) is 17.4. The summed E-state index contributed by atoms with van der Waals surface area (Å²) in [6, 6.07) is 0. The first kappa shape index (κ1) is 28.6. The molecule has 194 valence electrons. The summed E-state index contributed by atoms with van der Waals surface area (Å²) >= 11 is 0. The van der Waals surface area contributed by atoms with Crippen LogP contribution in [0.25, 0.3) is 0 Å². The van der Waals surface area contributed by atoms with Crippen molar-refractivity contribution in [2.24, 2.45) is 0 Å². The van der Waals surface area contributed by atoms with E-state index >= 15 is 0 Å². The molecule has 9 nitrogen and oxygen atoms in total. The van der Waals surface area contributed by atoms with Gasteiger partial charge in [0, 0.05) is 45.9 Å². The fourth-order valence-corrected chi connectivity index (χ4v) is 3.63. The lowest BCUT2D eigenvalue weighted by Crippen LogP contribution is -2.35. The number of ether oxygens (including phenoxy) is 7. The standard InChI is InChI=1S/C24H46N2O7/c1-2-11-27-13-5-25-6-14-28-19-21-30-16-8-26(9-17-31-22-20-29-15-7-25)10-18-32-23-24-4-3-12-33-24/h2,24H,1,3-23H2. The van der Waals surface area contributed by atoms with Gasteiger partial charge in [-0.3, -0.25) is 9.80 Å². The molecule has 2 saturated heterocycles. The Labute approximate surface area is 200 Å². The highest BCUT2D eigenvalue weighted by Gasteiger charge is 2.15. The number of nitrogens with zero attached hydrogens (tertiary/aromatic N) is 2. The Bertz CT molecular complexity index is 433. The van der Waals surface area contributed by atoms with E-state index in [0.717, 1.165) is 58.7 Å². The van der Waals surface area contributed by atoms with Crippen molar-refractivity contribution in [3.05, 3.63) is 12.7 Å². The molecule has 0 saturated carbocycles. The molecule has 0 aromatic rings. The second-order valence-electron chi connectivity index (χ2n) is 8.21. The molecule has 0 spiro atoms. The van der Waals surface area contributed by atoms with Crippen molar-refractivity contribution in [2.45, 2.75) is 18.9 Å². The van der Waals surface area contributed by atoms with Crippen LogP contribution in [-0.2, 0) is 33.2 Å². The van der Waals surface area contributed by atoms with E-state index in [-0.39, 0.29) is 6.10 Å². The number of rotatable bonds is 10. The van der Waals surface area contributed by atoms with Gasteiger partial charge in [-0.1, -0.05) is 6.08 Å². The predicted molar refractivity (Wildman–Crippen MR) is 127 cm³/mol. The highest BCUT2D eigenvalue weighted by Crippen LogP contribution is 2.11. The maximum Gasteiger partial charge on any atom is 0.0809 e. The summed E-state index contributed by atoms with van der Waals surface area (Å²) in [5.74, 6) is 0. The minimum atomic E-state index is 0.273. The summed E-state index contributed by atoms with van der Waals surface area (Å²) in [5.41, 5.74) is 0. The maximum atomic E-state index is 5.83. The van der Waals surface area contributed by atoms with E-state index in [1.165, 1.54) is 0 Å². The molecule has 0 aliphatic carbocycles. The van der Waals surface area contributed by atoms with Crippen LogP contribution < -0.4 is 0 Å². The van der Waals surface area contributed by atoms with Crippen LogP contribution in [0.4, 0.5) is 0 Å². The van der Waals surface area contributed by atoms with Gasteiger partial charge in [0.25, 0.3) is 0 Å². The van der Waals surface area contributed by atoms with Crippen LogP contribution in [0, 0.1) is 0 Å². The molecule has 0 N–H and O–H groups in total. The molecule has 9 heteroatoms. The van der Waals surface area contributed by atoms with Gasteiger partial charge in [0.2, 0.25) is 0 Å². The van der Waals surface area contributed by atoms with Crippen LogP contribution in [0.5, 0.6) is 0 Å². The molecule has 0 aromatic carbocycles. The SMILES string of the molecule is C=CCOCCN1CCOCCOCCN(CCOCC2CCCO2)CCOCCOCC1. The zero-order valence-electron chi connectivity index (χ0n) is 20.5. The molecule has 2 heterocycles. The normalized spacial score (nSPS) is 24.3. The Morgan fingerprint density at radius 1 is 0.697 bits per heavy atom. The van der Waals surface area contributed by atoms with Gasteiger partial charge >= 0.3 is 0 Å². The smallest absolute Gasteiger partial charge is 0.0809 e. The Hall–Kier alpha value is -0.620. The first-order chi connectivity index (χ1) is 16.4. The quantitative estimate of drug-likeness (QED) is 0.342. The molecule has 1 unspecified atom stereocenters. The van der Waals surface area contributed by atoms with E-state index in [1.54, 1.807) is 6.08 Å². The van der Waals surface area contributed by atoms with Crippen LogP contribution in [0.1, 0.15) is 12.8 Å². The maximum absolute atomic E-state index is 5.83. The molecule has 2 aliphatic rings. The average Bonchev–Trinajstić information content (AvgIpc) is 3.34. The van der Waals surface area contributed by atoms with Crippen molar-refractivity contribution < 1.29 is 33.2 Å². The molecular formula is C24H46N2O7. The Kier molecular flexibility index (Phi) is 18.0. The van der Waals surface area contributed by atoms with Gasteiger partial charge in [-0.05, 0) is 12.8 Å². The molecule has 2 fully saturated rings. The summed E-state index contributed by atoms with van der Waals surface area (Å²) in [4.78, 5) is 4.62. The summed E-state index contributed by atoms with van der Waals surface area (Å²) in [6.07, 6.45) is 4.30. The van der Waals surface area contributed by atoms with E-state index in [2.05, 4.69) is 16.4 Å². The third-order valence-electron chi connectivity index (χ3n) is 5.62. The first-order valence-electron chi connectivity index (χ1n) is 12.5. The molecule has 0 aromatic heterocycles. The minimum Gasteiger partial charge on any atom is -0.378 e. The lowest BCUT2D eigenvalue weighted by molar-refractivity contribution is -0.00733. The van der Waals surface area contributed by atoms with Crippen LogP contribution >= 0.6 is 0 Å². The molecule has 2 aliphatic heterocycles. The van der Waals surface area contributed by atoms with Crippen LogP contribution in [0.3, 0.4) is 0 Å². The number of hydrogen-bond acceptors (Lipinski definition) is 9. The minimum absolute atomic E-state index is 0.273. The Morgan fingerprint density at radius 3 is 1.67 bits per heavy atom. The van der Waals surface area contributed by atoms with Crippen molar-refractivity contribution in [3.63, 3.8) is 0 Å². The van der Waals surface area contributed by atoms with Crippen LogP contribution in [-0.4, -0.2) is 141 Å². The molecule has 33 heavy (non-hydrogen) atoms. The van der Waals surface area contributed by atoms with Crippen LogP contribution in [0.2, 0.25) is 0 Å². The van der Waals surface area contributed by atoms with E-state index in [0.29, 0.717) is 79.3 Å². The summed E-state index contributed by atoms with van der Waals surface area (Å²) in [5, 5.41) is 0. The highest BCUT2D eigenvalue weighted by molar-refractivity contribution is 4.65. The third kappa shape index (κ3) is 15.8. The lowest BCUT2D eigenvalue weighted by Gasteiger charge is -2.23. The average molecular weight is 475 g/mol. The van der Waals surface area contributed by atoms with E-state index < -0.39 is 0 Å². The van der Waals surface area contributed by atoms with Gasteiger partial charge in [0.05, 0.1) is 85.4 Å². The topological polar surface area (TPSA) is 71.1 Å².